The van der Waals surface area contributed by atoms with E-state index in [-0.39, 0.29) is 29.9 Å². The summed E-state index contributed by atoms with van der Waals surface area (Å²) in [4.78, 5) is 43.5. The topological polar surface area (TPSA) is 88.2 Å². The first-order valence-electron chi connectivity index (χ1n) is 10.8. The van der Waals surface area contributed by atoms with E-state index < -0.39 is 12.1 Å². The maximum absolute atomic E-state index is 13.2. The number of benzene rings is 1. The average molecular weight is 460 g/mol. The molecule has 0 saturated carbocycles. The molecule has 1 aromatic rings. The number of hydrogen-bond acceptors (Lipinski definition) is 6. The van der Waals surface area contributed by atoms with E-state index in [2.05, 4.69) is 11.9 Å². The van der Waals surface area contributed by atoms with E-state index in [1.807, 2.05) is 18.4 Å². The van der Waals surface area contributed by atoms with Gasteiger partial charge in [0.15, 0.2) is 0 Å². The molecule has 1 aromatic carbocycles. The lowest BCUT2D eigenvalue weighted by atomic mass is 9.92. The predicted molar refractivity (Wildman–Crippen MR) is 121 cm³/mol. The maximum Gasteiger partial charge on any atom is 0.255 e. The zero-order valence-electron chi connectivity index (χ0n) is 18.4. The summed E-state index contributed by atoms with van der Waals surface area (Å²) in [5.41, 5.74) is 0.459. The monoisotopic (exact) mass is 459 g/mol. The van der Waals surface area contributed by atoms with Gasteiger partial charge in [-0.3, -0.25) is 14.4 Å². The van der Waals surface area contributed by atoms with Gasteiger partial charge in [-0.2, -0.15) is 0 Å². The molecular formula is C23H29N3O5S. The van der Waals surface area contributed by atoms with Crippen LogP contribution in [0.5, 0.6) is 5.75 Å². The zero-order valence-corrected chi connectivity index (χ0v) is 19.2. The number of methoxy groups -OCH3 is 1. The molecule has 3 fully saturated rings. The highest BCUT2D eigenvalue weighted by molar-refractivity contribution is 7.98. The number of ether oxygens (including phenoxy) is 2. The highest BCUT2D eigenvalue weighted by Crippen LogP contribution is 2.33. The Hall–Kier alpha value is -2.52. The summed E-state index contributed by atoms with van der Waals surface area (Å²) in [7, 11) is 1.54. The summed E-state index contributed by atoms with van der Waals surface area (Å²) < 4.78 is 11.1. The van der Waals surface area contributed by atoms with Crippen LogP contribution in [-0.2, 0) is 14.3 Å². The van der Waals surface area contributed by atoms with Gasteiger partial charge >= 0.3 is 0 Å². The molecule has 0 spiro atoms. The number of amides is 3. The largest absolute Gasteiger partial charge is 0.496 e. The number of piperidine rings is 1. The van der Waals surface area contributed by atoms with Gasteiger partial charge in [0, 0.05) is 30.4 Å². The third-order valence-corrected chi connectivity index (χ3v) is 7.17. The fraction of sp³-hybridized carbons (Fsp3) is 0.522. The zero-order chi connectivity index (χ0) is 22.8. The third kappa shape index (κ3) is 4.23. The number of carbonyl (C=O) groups excluding carboxylic acids is 3. The molecule has 0 aliphatic carbocycles. The Balaban J connectivity index is 1.43. The minimum atomic E-state index is -0.545. The Kier molecular flexibility index (Phi) is 6.76. The first-order chi connectivity index (χ1) is 15.5. The molecule has 0 radical (unpaired) electrons. The number of rotatable bonds is 7. The standard InChI is InChI=1S/C23H29N3O5S/c1-4-9-31-15-11-19-22(28)25-8-7-14(10-18(25)23(29)26(19)13-15)24-21(27)17-6-5-16(32-3)12-20(17)30-2/h4-6,12,14-15,18-19H,1,7-11,13H2,2-3H3,(H,24,27). The van der Waals surface area contributed by atoms with Gasteiger partial charge in [-0.15, -0.1) is 18.3 Å². The SMILES string of the molecule is C=CCOC1CC2C(=O)N3CCC(NC(=O)c4ccc(SC)cc4OC)CC3C(=O)N2C1. The Labute approximate surface area is 192 Å². The predicted octanol–water partition coefficient (Wildman–Crippen LogP) is 1.69. The van der Waals surface area contributed by atoms with Crippen molar-refractivity contribution in [2.45, 2.75) is 48.4 Å². The Morgan fingerprint density at radius 1 is 1.25 bits per heavy atom. The quantitative estimate of drug-likeness (QED) is 0.493. The van der Waals surface area contributed by atoms with E-state index in [1.165, 1.54) is 0 Å². The van der Waals surface area contributed by atoms with Gasteiger partial charge in [-0.1, -0.05) is 6.08 Å². The maximum atomic E-state index is 13.2. The Morgan fingerprint density at radius 2 is 2.00 bits per heavy atom. The molecular weight excluding hydrogens is 430 g/mol. The van der Waals surface area contributed by atoms with Crippen molar-refractivity contribution in [3.63, 3.8) is 0 Å². The summed E-state index contributed by atoms with van der Waals surface area (Å²) in [6, 6.07) is 4.28. The van der Waals surface area contributed by atoms with Crippen LogP contribution in [0.4, 0.5) is 0 Å². The van der Waals surface area contributed by atoms with E-state index >= 15 is 0 Å². The fourth-order valence-corrected chi connectivity index (χ4v) is 5.26. The molecule has 1 N–H and O–H groups in total. The highest BCUT2D eigenvalue weighted by atomic mass is 32.2. The average Bonchev–Trinajstić information content (AvgIpc) is 3.25. The van der Waals surface area contributed by atoms with Crippen LogP contribution in [0.15, 0.2) is 35.7 Å². The lowest BCUT2D eigenvalue weighted by Crippen LogP contribution is -2.66. The molecule has 4 unspecified atom stereocenters. The van der Waals surface area contributed by atoms with Crippen LogP contribution in [0.3, 0.4) is 0 Å². The van der Waals surface area contributed by atoms with Gasteiger partial charge in [-0.25, -0.2) is 0 Å². The van der Waals surface area contributed by atoms with E-state index in [0.29, 0.717) is 50.3 Å². The third-order valence-electron chi connectivity index (χ3n) is 6.44. The molecule has 0 bridgehead atoms. The minimum Gasteiger partial charge on any atom is -0.496 e. The van der Waals surface area contributed by atoms with Crippen molar-refractivity contribution >= 4 is 29.5 Å². The molecule has 172 valence electrons. The Bertz CT molecular complexity index is 923. The molecule has 3 amide bonds. The van der Waals surface area contributed by atoms with Gasteiger partial charge in [-0.05, 0) is 37.3 Å². The number of carbonyl (C=O) groups is 3. The first-order valence-corrected chi connectivity index (χ1v) is 12.1. The Morgan fingerprint density at radius 3 is 2.72 bits per heavy atom. The van der Waals surface area contributed by atoms with Crippen molar-refractivity contribution in [3.05, 3.63) is 36.4 Å². The molecule has 4 rings (SSSR count). The summed E-state index contributed by atoms with van der Waals surface area (Å²) >= 11 is 1.57. The van der Waals surface area contributed by atoms with Crippen molar-refractivity contribution in [1.82, 2.24) is 15.1 Å². The van der Waals surface area contributed by atoms with Crippen LogP contribution in [0, 0.1) is 0 Å². The molecule has 9 heteroatoms. The smallest absolute Gasteiger partial charge is 0.255 e. The summed E-state index contributed by atoms with van der Waals surface area (Å²) in [6.45, 7) is 4.92. The molecule has 3 saturated heterocycles. The number of nitrogens with zero attached hydrogens (tertiary/aromatic N) is 2. The van der Waals surface area contributed by atoms with Gasteiger partial charge in [0.1, 0.15) is 17.8 Å². The number of thioether (sulfide) groups is 1. The van der Waals surface area contributed by atoms with Crippen molar-refractivity contribution in [3.8, 4) is 5.75 Å². The van der Waals surface area contributed by atoms with Crippen molar-refractivity contribution in [1.29, 1.82) is 0 Å². The molecule has 0 aromatic heterocycles. The number of piperazine rings is 1. The highest BCUT2D eigenvalue weighted by Gasteiger charge is 2.52. The molecule has 3 heterocycles. The molecule has 32 heavy (non-hydrogen) atoms. The summed E-state index contributed by atoms with van der Waals surface area (Å²) in [5.74, 6) is 0.208. The lowest BCUT2D eigenvalue weighted by molar-refractivity contribution is -0.161. The number of nitrogens with one attached hydrogen (secondary N) is 1. The van der Waals surface area contributed by atoms with Gasteiger partial charge in [0.25, 0.3) is 5.91 Å². The van der Waals surface area contributed by atoms with Gasteiger partial charge in [0.2, 0.25) is 11.8 Å². The van der Waals surface area contributed by atoms with Crippen LogP contribution in [0.25, 0.3) is 0 Å². The van der Waals surface area contributed by atoms with Crippen molar-refractivity contribution < 1.29 is 23.9 Å². The number of fused-ring (bicyclic) bond motifs is 2. The molecule has 4 atom stereocenters. The van der Waals surface area contributed by atoms with E-state index in [9.17, 15) is 14.4 Å². The van der Waals surface area contributed by atoms with E-state index in [1.54, 1.807) is 40.8 Å². The van der Waals surface area contributed by atoms with Crippen molar-refractivity contribution in [2.24, 2.45) is 0 Å². The molecule has 3 aliphatic rings. The number of hydrogen-bond donors (Lipinski definition) is 1. The minimum absolute atomic E-state index is 0.0154. The first kappa shape index (κ1) is 22.7. The second kappa shape index (κ2) is 9.54. The van der Waals surface area contributed by atoms with Crippen LogP contribution in [0.1, 0.15) is 29.6 Å². The van der Waals surface area contributed by atoms with E-state index in [4.69, 9.17) is 9.47 Å². The molecule has 8 nitrogen and oxygen atoms in total. The summed E-state index contributed by atoms with van der Waals surface area (Å²) in [5, 5.41) is 3.04. The van der Waals surface area contributed by atoms with Crippen molar-refractivity contribution in [2.75, 3.05) is 33.1 Å². The normalized spacial score (nSPS) is 27.1. The summed E-state index contributed by atoms with van der Waals surface area (Å²) in [6.07, 6.45) is 5.01. The van der Waals surface area contributed by atoms with Crippen LogP contribution in [0.2, 0.25) is 0 Å². The van der Waals surface area contributed by atoms with E-state index in [0.717, 1.165) is 4.90 Å². The lowest BCUT2D eigenvalue weighted by Gasteiger charge is -2.46. The second-order valence-corrected chi connectivity index (χ2v) is 9.17. The van der Waals surface area contributed by atoms with Crippen LogP contribution >= 0.6 is 11.8 Å². The van der Waals surface area contributed by atoms with Gasteiger partial charge in [0.05, 0.1) is 25.4 Å². The fourth-order valence-electron chi connectivity index (χ4n) is 4.83. The van der Waals surface area contributed by atoms with Gasteiger partial charge < -0.3 is 24.6 Å². The van der Waals surface area contributed by atoms with Crippen LogP contribution in [-0.4, -0.2) is 84.8 Å². The second-order valence-electron chi connectivity index (χ2n) is 8.29. The molecule has 3 aliphatic heterocycles. The van der Waals surface area contributed by atoms with Crippen LogP contribution < -0.4 is 10.1 Å².